The first-order chi connectivity index (χ1) is 15.1. The van der Waals surface area contributed by atoms with Gasteiger partial charge < -0.3 is 4.74 Å². The summed E-state index contributed by atoms with van der Waals surface area (Å²) in [7, 11) is 0. The third-order valence-electron chi connectivity index (χ3n) is 4.95. The monoisotopic (exact) mass is 435 g/mol. The summed E-state index contributed by atoms with van der Waals surface area (Å²) in [6, 6.07) is 14.6. The van der Waals surface area contributed by atoms with Crippen LogP contribution < -0.4 is 5.01 Å². The molecule has 0 saturated heterocycles. The van der Waals surface area contributed by atoms with Gasteiger partial charge in [-0.1, -0.05) is 60.2 Å². The predicted molar refractivity (Wildman–Crippen MR) is 130 cm³/mol. The van der Waals surface area contributed by atoms with Crippen LogP contribution in [0.5, 0.6) is 0 Å². The minimum Gasteiger partial charge on any atom is -0.463 e. The molecule has 0 bridgehead atoms. The van der Waals surface area contributed by atoms with Crippen LogP contribution in [-0.2, 0) is 9.53 Å². The van der Waals surface area contributed by atoms with Crippen LogP contribution in [0.15, 0.2) is 60.2 Å². The third-order valence-corrected chi connectivity index (χ3v) is 6.00. The zero-order valence-corrected chi connectivity index (χ0v) is 19.0. The van der Waals surface area contributed by atoms with Gasteiger partial charge in [0.25, 0.3) is 0 Å². The van der Waals surface area contributed by atoms with Gasteiger partial charge in [-0.05, 0) is 56.4 Å². The van der Waals surface area contributed by atoms with Crippen molar-refractivity contribution in [2.24, 2.45) is 5.10 Å². The minimum absolute atomic E-state index is 0.359. The SMILES string of the molecule is C=CC(=O)OCCCCCCN(/N=C/c1cc(C)ccc1C)c1nc2ccccc2s1. The Labute approximate surface area is 188 Å². The summed E-state index contributed by atoms with van der Waals surface area (Å²) in [6.45, 7) is 8.82. The number of carbonyl (C=O) groups excluding carboxylic acids is 1. The molecule has 0 unspecified atom stereocenters. The second-order valence-corrected chi connectivity index (χ2v) is 8.49. The molecule has 0 fully saturated rings. The highest BCUT2D eigenvalue weighted by molar-refractivity contribution is 7.22. The Morgan fingerprint density at radius 1 is 1.16 bits per heavy atom. The van der Waals surface area contributed by atoms with Crippen LogP contribution in [0.4, 0.5) is 5.13 Å². The van der Waals surface area contributed by atoms with E-state index in [2.05, 4.69) is 44.7 Å². The zero-order valence-electron chi connectivity index (χ0n) is 18.2. The fourth-order valence-electron chi connectivity index (χ4n) is 3.15. The first kappa shape index (κ1) is 22.7. The molecule has 3 rings (SSSR count). The number of para-hydroxylation sites is 1. The van der Waals surface area contributed by atoms with Crippen LogP contribution in [0, 0.1) is 13.8 Å². The first-order valence-corrected chi connectivity index (χ1v) is 11.4. The Bertz CT molecular complexity index is 1020. The van der Waals surface area contributed by atoms with Gasteiger partial charge >= 0.3 is 5.97 Å². The number of esters is 1. The zero-order chi connectivity index (χ0) is 22.1. The number of hydrogen-bond donors (Lipinski definition) is 0. The van der Waals surface area contributed by atoms with E-state index < -0.39 is 0 Å². The fraction of sp³-hybridized carbons (Fsp3) is 0.320. The lowest BCUT2D eigenvalue weighted by Crippen LogP contribution is -2.18. The molecular weight excluding hydrogens is 406 g/mol. The van der Waals surface area contributed by atoms with Crippen molar-refractivity contribution < 1.29 is 9.53 Å². The number of thiazole rings is 1. The summed E-state index contributed by atoms with van der Waals surface area (Å²) in [6.07, 6.45) is 7.00. The lowest BCUT2D eigenvalue weighted by Gasteiger charge is -2.16. The van der Waals surface area contributed by atoms with Crippen LogP contribution >= 0.6 is 11.3 Å². The highest BCUT2D eigenvalue weighted by Crippen LogP contribution is 2.29. The van der Waals surface area contributed by atoms with Gasteiger partial charge in [0.05, 0.1) is 23.0 Å². The van der Waals surface area contributed by atoms with Gasteiger partial charge in [0.1, 0.15) is 0 Å². The van der Waals surface area contributed by atoms with Gasteiger partial charge in [0, 0.05) is 12.6 Å². The van der Waals surface area contributed by atoms with Crippen molar-refractivity contribution in [3.63, 3.8) is 0 Å². The minimum atomic E-state index is -0.359. The van der Waals surface area contributed by atoms with E-state index in [1.165, 1.54) is 17.2 Å². The fourth-order valence-corrected chi connectivity index (χ4v) is 4.10. The van der Waals surface area contributed by atoms with E-state index in [-0.39, 0.29) is 5.97 Å². The molecule has 0 radical (unpaired) electrons. The molecule has 31 heavy (non-hydrogen) atoms. The molecule has 0 aliphatic carbocycles. The molecule has 0 saturated carbocycles. The van der Waals surface area contributed by atoms with E-state index in [4.69, 9.17) is 14.8 Å². The maximum atomic E-state index is 11.1. The Morgan fingerprint density at radius 3 is 2.77 bits per heavy atom. The number of aryl methyl sites for hydroxylation is 2. The Kier molecular flexibility index (Phi) is 8.35. The van der Waals surface area contributed by atoms with E-state index in [0.29, 0.717) is 6.61 Å². The van der Waals surface area contributed by atoms with E-state index in [9.17, 15) is 4.79 Å². The average Bonchev–Trinajstić information content (AvgIpc) is 3.21. The second-order valence-electron chi connectivity index (χ2n) is 7.48. The van der Waals surface area contributed by atoms with Crippen LogP contribution in [0.2, 0.25) is 0 Å². The summed E-state index contributed by atoms with van der Waals surface area (Å²) in [5.41, 5.74) is 4.54. The first-order valence-electron chi connectivity index (χ1n) is 10.6. The Balaban J connectivity index is 1.65. The number of ether oxygens (including phenoxy) is 1. The van der Waals surface area contributed by atoms with Crippen LogP contribution in [0.25, 0.3) is 10.2 Å². The highest BCUT2D eigenvalue weighted by Gasteiger charge is 2.11. The van der Waals surface area contributed by atoms with Crippen molar-refractivity contribution >= 4 is 38.9 Å². The molecule has 0 amide bonds. The average molecular weight is 436 g/mol. The number of benzene rings is 2. The van der Waals surface area contributed by atoms with E-state index in [1.54, 1.807) is 11.3 Å². The highest BCUT2D eigenvalue weighted by atomic mass is 32.1. The largest absolute Gasteiger partial charge is 0.463 e. The molecule has 0 aliphatic rings. The van der Waals surface area contributed by atoms with Crippen molar-refractivity contribution in [2.45, 2.75) is 39.5 Å². The van der Waals surface area contributed by atoms with Gasteiger partial charge in [-0.25, -0.2) is 14.8 Å². The number of carbonyl (C=O) groups is 1. The number of nitrogens with zero attached hydrogens (tertiary/aromatic N) is 3. The van der Waals surface area contributed by atoms with Gasteiger partial charge in [-0.3, -0.25) is 0 Å². The van der Waals surface area contributed by atoms with Crippen molar-refractivity contribution in [1.82, 2.24) is 4.98 Å². The van der Waals surface area contributed by atoms with Gasteiger partial charge in [0.15, 0.2) is 0 Å². The van der Waals surface area contributed by atoms with Gasteiger partial charge in [0.2, 0.25) is 5.13 Å². The number of hydrazone groups is 1. The summed E-state index contributed by atoms with van der Waals surface area (Å²) >= 11 is 1.66. The van der Waals surface area contributed by atoms with Gasteiger partial charge in [-0.2, -0.15) is 5.10 Å². The van der Waals surface area contributed by atoms with Gasteiger partial charge in [-0.15, -0.1) is 0 Å². The molecular formula is C25H29N3O2S. The molecule has 2 aromatic carbocycles. The predicted octanol–water partition coefficient (Wildman–Crippen LogP) is 6.04. The molecule has 162 valence electrons. The Hall–Kier alpha value is -2.99. The van der Waals surface area contributed by atoms with E-state index >= 15 is 0 Å². The van der Waals surface area contributed by atoms with Crippen molar-refractivity contribution in [2.75, 3.05) is 18.2 Å². The molecule has 6 heteroatoms. The lowest BCUT2D eigenvalue weighted by atomic mass is 10.1. The van der Waals surface area contributed by atoms with Crippen LogP contribution in [0.3, 0.4) is 0 Å². The number of rotatable bonds is 11. The van der Waals surface area contributed by atoms with Crippen LogP contribution in [-0.4, -0.2) is 30.3 Å². The Morgan fingerprint density at radius 2 is 1.97 bits per heavy atom. The number of hydrogen-bond acceptors (Lipinski definition) is 6. The summed E-state index contributed by atoms with van der Waals surface area (Å²) in [4.78, 5) is 15.9. The lowest BCUT2D eigenvalue weighted by molar-refractivity contribution is -0.137. The van der Waals surface area contributed by atoms with E-state index in [1.807, 2.05) is 29.4 Å². The number of unbranched alkanes of at least 4 members (excludes halogenated alkanes) is 3. The molecule has 0 atom stereocenters. The maximum absolute atomic E-state index is 11.1. The number of fused-ring (bicyclic) bond motifs is 1. The quantitative estimate of drug-likeness (QED) is 0.121. The van der Waals surface area contributed by atoms with Crippen molar-refractivity contribution in [3.8, 4) is 0 Å². The molecule has 0 spiro atoms. The summed E-state index contributed by atoms with van der Waals surface area (Å²) in [5.74, 6) is -0.359. The molecule has 1 heterocycles. The number of aromatic nitrogens is 1. The maximum Gasteiger partial charge on any atom is 0.330 e. The van der Waals surface area contributed by atoms with E-state index in [0.717, 1.165) is 53.1 Å². The molecule has 1 aromatic heterocycles. The van der Waals surface area contributed by atoms with Crippen molar-refractivity contribution in [3.05, 3.63) is 71.8 Å². The molecule has 0 N–H and O–H groups in total. The third kappa shape index (κ3) is 6.76. The smallest absolute Gasteiger partial charge is 0.330 e. The number of anilines is 1. The summed E-state index contributed by atoms with van der Waals surface area (Å²) < 4.78 is 6.19. The molecule has 0 aliphatic heterocycles. The molecule has 3 aromatic rings. The van der Waals surface area contributed by atoms with Crippen LogP contribution in [0.1, 0.15) is 42.4 Å². The summed E-state index contributed by atoms with van der Waals surface area (Å²) in [5, 5.41) is 7.71. The second kappa shape index (κ2) is 11.4. The van der Waals surface area contributed by atoms with Crippen molar-refractivity contribution in [1.29, 1.82) is 0 Å². The standard InChI is InChI=1S/C25H29N3O2S/c1-4-24(29)30-16-10-6-5-9-15-28(25-27-22-11-7-8-12-23(22)31-25)26-18-21-17-19(2)13-14-20(21)3/h4,7-8,11-14,17-18H,1,5-6,9-10,15-16H2,2-3H3/b26-18+. The normalized spacial score (nSPS) is 11.2. The topological polar surface area (TPSA) is 54.8 Å². The molecule has 5 nitrogen and oxygen atoms in total.